The van der Waals surface area contributed by atoms with Crippen LogP contribution in [0.4, 0.5) is 0 Å². The first-order valence-electron chi connectivity index (χ1n) is 14.3. The number of hydrogen-bond donors (Lipinski definition) is 2. The molecule has 2 aromatic heterocycles. The number of imidazole rings is 1. The lowest BCUT2D eigenvalue weighted by Gasteiger charge is -2.28. The zero-order chi connectivity index (χ0) is 28.2. The van der Waals surface area contributed by atoms with Gasteiger partial charge in [0.15, 0.2) is 0 Å². The van der Waals surface area contributed by atoms with E-state index in [2.05, 4.69) is 9.88 Å². The van der Waals surface area contributed by atoms with Crippen molar-refractivity contribution in [2.24, 2.45) is 13.0 Å². The van der Waals surface area contributed by atoms with E-state index in [0.717, 1.165) is 74.3 Å². The number of fused-ring (bicyclic) bond motifs is 1. The van der Waals surface area contributed by atoms with Crippen LogP contribution in [0.3, 0.4) is 0 Å². The lowest BCUT2D eigenvalue weighted by molar-refractivity contribution is -0.158. The van der Waals surface area contributed by atoms with Gasteiger partial charge in [-0.05, 0) is 70.1 Å². The molecule has 10 heteroatoms. The second kappa shape index (κ2) is 12.5. The summed E-state index contributed by atoms with van der Waals surface area (Å²) in [6.07, 6.45) is 5.79. The number of aliphatic hydroxyl groups is 1. The predicted molar refractivity (Wildman–Crippen MR) is 151 cm³/mol. The Labute approximate surface area is 234 Å². The molecule has 1 aliphatic heterocycles. The molecule has 1 saturated carbocycles. The van der Waals surface area contributed by atoms with Gasteiger partial charge in [-0.3, -0.25) is 14.9 Å². The molecule has 3 heterocycles. The number of benzene rings is 1. The molecule has 3 aromatic rings. The fourth-order valence-electron chi connectivity index (χ4n) is 5.35. The van der Waals surface area contributed by atoms with Crippen molar-refractivity contribution in [3.05, 3.63) is 46.4 Å². The quantitative estimate of drug-likeness (QED) is 0.276. The number of aryl methyl sites for hydroxylation is 2. The number of esters is 1. The van der Waals surface area contributed by atoms with Gasteiger partial charge in [-0.2, -0.15) is 0 Å². The summed E-state index contributed by atoms with van der Waals surface area (Å²) in [6.45, 7) is 6.44. The number of nitrogens with zero attached hydrogens (tertiary/aromatic N) is 3. The van der Waals surface area contributed by atoms with Gasteiger partial charge < -0.3 is 28.5 Å². The van der Waals surface area contributed by atoms with Gasteiger partial charge in [-0.15, -0.1) is 0 Å². The SMILES string of the molecule is Cc1cc(-c2nc3cc(OCCN[C@H](C(=O)OC4CCC4)[C@@H](C)O)ccc3n2CC2CCOCC2)cn(C)c1=O. The summed E-state index contributed by atoms with van der Waals surface area (Å²) in [5.74, 6) is 1.55. The molecule has 40 heavy (non-hydrogen) atoms. The van der Waals surface area contributed by atoms with Crippen LogP contribution >= 0.6 is 0 Å². The molecule has 0 radical (unpaired) electrons. The van der Waals surface area contributed by atoms with Crippen LogP contribution in [0.5, 0.6) is 5.75 Å². The number of carbonyl (C=O) groups excluding carboxylic acids is 1. The molecule has 216 valence electrons. The van der Waals surface area contributed by atoms with Gasteiger partial charge in [0.05, 0.1) is 17.1 Å². The monoisotopic (exact) mass is 552 g/mol. The van der Waals surface area contributed by atoms with Crippen molar-refractivity contribution in [2.75, 3.05) is 26.4 Å². The smallest absolute Gasteiger partial charge is 0.326 e. The predicted octanol–water partition coefficient (Wildman–Crippen LogP) is 2.95. The summed E-state index contributed by atoms with van der Waals surface area (Å²) < 4.78 is 20.9. The zero-order valence-corrected chi connectivity index (χ0v) is 23.6. The topological polar surface area (TPSA) is 117 Å². The van der Waals surface area contributed by atoms with E-state index in [1.807, 2.05) is 37.4 Å². The second-order valence-electron chi connectivity index (χ2n) is 11.1. The molecule has 5 rings (SSSR count). The largest absolute Gasteiger partial charge is 0.492 e. The van der Waals surface area contributed by atoms with E-state index in [-0.39, 0.29) is 11.7 Å². The Kier molecular flexibility index (Phi) is 8.87. The van der Waals surface area contributed by atoms with E-state index in [1.165, 1.54) is 0 Å². The first-order chi connectivity index (χ1) is 19.3. The summed E-state index contributed by atoms with van der Waals surface area (Å²) in [6, 6.07) is 6.99. The minimum atomic E-state index is -0.872. The molecule has 2 atom stereocenters. The summed E-state index contributed by atoms with van der Waals surface area (Å²) in [5.41, 5.74) is 3.37. The Hall–Kier alpha value is -3.21. The minimum absolute atomic E-state index is 0.0192. The van der Waals surface area contributed by atoms with Crippen LogP contribution in [0.25, 0.3) is 22.4 Å². The maximum Gasteiger partial charge on any atom is 0.326 e. The Balaban J connectivity index is 1.31. The normalized spacial score (nSPS) is 17.9. The van der Waals surface area contributed by atoms with E-state index in [4.69, 9.17) is 19.2 Å². The summed E-state index contributed by atoms with van der Waals surface area (Å²) >= 11 is 0. The number of nitrogens with one attached hydrogen (secondary N) is 1. The van der Waals surface area contributed by atoms with Crippen LogP contribution in [-0.2, 0) is 27.9 Å². The molecule has 1 aliphatic carbocycles. The molecule has 1 aromatic carbocycles. The third-order valence-corrected chi connectivity index (χ3v) is 7.93. The minimum Gasteiger partial charge on any atom is -0.492 e. The first kappa shape index (κ1) is 28.3. The third kappa shape index (κ3) is 6.40. The highest BCUT2D eigenvalue weighted by molar-refractivity contribution is 5.82. The molecule has 2 N–H and O–H groups in total. The number of hydrogen-bond acceptors (Lipinski definition) is 8. The number of pyridine rings is 1. The zero-order valence-electron chi connectivity index (χ0n) is 23.6. The average molecular weight is 553 g/mol. The van der Waals surface area contributed by atoms with Crippen molar-refractivity contribution in [3.63, 3.8) is 0 Å². The van der Waals surface area contributed by atoms with Gasteiger partial charge in [0.2, 0.25) is 0 Å². The van der Waals surface area contributed by atoms with Crippen molar-refractivity contribution in [1.29, 1.82) is 0 Å². The first-order valence-corrected chi connectivity index (χ1v) is 14.3. The molecule has 0 bridgehead atoms. The van der Waals surface area contributed by atoms with Crippen molar-refractivity contribution in [2.45, 2.75) is 70.7 Å². The van der Waals surface area contributed by atoms with Crippen LogP contribution in [0, 0.1) is 12.8 Å². The Bertz CT molecular complexity index is 1360. The highest BCUT2D eigenvalue weighted by Crippen LogP contribution is 2.30. The summed E-state index contributed by atoms with van der Waals surface area (Å²) in [4.78, 5) is 29.8. The maximum absolute atomic E-state index is 12.4. The summed E-state index contributed by atoms with van der Waals surface area (Å²) in [5, 5.41) is 13.1. The third-order valence-electron chi connectivity index (χ3n) is 7.93. The van der Waals surface area contributed by atoms with Crippen LogP contribution in [0.1, 0.15) is 44.6 Å². The van der Waals surface area contributed by atoms with E-state index in [9.17, 15) is 14.7 Å². The number of aliphatic hydroxyl groups excluding tert-OH is 1. The van der Waals surface area contributed by atoms with Gasteiger partial charge in [-0.1, -0.05) is 0 Å². The van der Waals surface area contributed by atoms with Gasteiger partial charge in [0.25, 0.3) is 5.56 Å². The van der Waals surface area contributed by atoms with Gasteiger partial charge in [0, 0.05) is 56.7 Å². The Morgan fingerprint density at radius 2 is 2.00 bits per heavy atom. The van der Waals surface area contributed by atoms with Crippen molar-refractivity contribution < 1.29 is 24.1 Å². The van der Waals surface area contributed by atoms with Crippen molar-refractivity contribution in [3.8, 4) is 17.1 Å². The number of carbonyl (C=O) groups is 1. The van der Waals surface area contributed by atoms with E-state index in [1.54, 1.807) is 18.5 Å². The van der Waals surface area contributed by atoms with Crippen LogP contribution < -0.4 is 15.6 Å². The van der Waals surface area contributed by atoms with Crippen molar-refractivity contribution >= 4 is 17.0 Å². The van der Waals surface area contributed by atoms with Crippen LogP contribution in [0.15, 0.2) is 35.3 Å². The number of aromatic nitrogens is 3. The summed E-state index contributed by atoms with van der Waals surface area (Å²) in [7, 11) is 1.76. The molecule has 2 fully saturated rings. The average Bonchev–Trinajstić information content (AvgIpc) is 3.26. The number of ether oxygens (including phenoxy) is 3. The van der Waals surface area contributed by atoms with Gasteiger partial charge >= 0.3 is 5.97 Å². The Morgan fingerprint density at radius 1 is 1.23 bits per heavy atom. The maximum atomic E-state index is 12.4. The van der Waals surface area contributed by atoms with Gasteiger partial charge in [-0.25, -0.2) is 4.98 Å². The van der Waals surface area contributed by atoms with Crippen molar-refractivity contribution in [1.82, 2.24) is 19.4 Å². The molecular weight excluding hydrogens is 512 g/mol. The van der Waals surface area contributed by atoms with Crippen LogP contribution in [0.2, 0.25) is 0 Å². The van der Waals surface area contributed by atoms with E-state index < -0.39 is 18.1 Å². The lowest BCUT2D eigenvalue weighted by Crippen LogP contribution is -2.48. The Morgan fingerprint density at radius 3 is 2.67 bits per heavy atom. The molecule has 0 amide bonds. The highest BCUT2D eigenvalue weighted by Gasteiger charge is 2.29. The molecule has 0 unspecified atom stereocenters. The molecule has 10 nitrogen and oxygen atoms in total. The number of rotatable bonds is 11. The van der Waals surface area contributed by atoms with E-state index in [0.29, 0.717) is 30.4 Å². The molecular formula is C30H40N4O6. The fraction of sp³-hybridized carbons (Fsp3) is 0.567. The van der Waals surface area contributed by atoms with E-state index >= 15 is 0 Å². The highest BCUT2D eigenvalue weighted by atomic mass is 16.5. The molecule has 0 spiro atoms. The fourth-order valence-corrected chi connectivity index (χ4v) is 5.35. The molecule has 1 saturated heterocycles. The standard InChI is InChI=1S/C30H40N4O6/c1-19-15-22(18-33(3)29(19)36)28-32-25-16-24(7-8-26(25)34(28)17-21-9-12-38-13-10-21)39-14-11-31-27(20(2)35)30(37)40-23-5-4-6-23/h7-8,15-16,18,20-21,23,27,31,35H,4-6,9-14,17H2,1-3H3/t20-,27+/m1/s1. The molecule has 2 aliphatic rings. The lowest BCUT2D eigenvalue weighted by atomic mass is 9.96. The van der Waals surface area contributed by atoms with Gasteiger partial charge in [0.1, 0.15) is 30.3 Å². The second-order valence-corrected chi connectivity index (χ2v) is 11.1. The van der Waals surface area contributed by atoms with Crippen LogP contribution in [-0.4, -0.2) is 69.8 Å².